The van der Waals surface area contributed by atoms with Crippen LogP contribution in [0.25, 0.3) is 0 Å². The van der Waals surface area contributed by atoms with Crippen LogP contribution in [0.5, 0.6) is 0 Å². The predicted octanol–water partition coefficient (Wildman–Crippen LogP) is 1.37. The summed E-state index contributed by atoms with van der Waals surface area (Å²) in [5, 5.41) is 0. The van der Waals surface area contributed by atoms with Gasteiger partial charge in [0.15, 0.2) is 0 Å². The molecule has 1 fully saturated rings. The maximum atomic E-state index is 5.74. The molecule has 1 aliphatic heterocycles. The van der Waals surface area contributed by atoms with E-state index in [1.54, 1.807) is 0 Å². The molecule has 1 unspecified atom stereocenters. The van der Waals surface area contributed by atoms with Crippen LogP contribution in [0.2, 0.25) is 0 Å². The third kappa shape index (κ3) is 2.65. The molecule has 0 spiro atoms. The number of pyridine rings is 1. The van der Waals surface area contributed by atoms with E-state index < -0.39 is 0 Å². The average molecular weight is 290 g/mol. The van der Waals surface area contributed by atoms with Gasteiger partial charge in [-0.15, -0.1) is 0 Å². The number of hydrogen-bond acceptors (Lipinski definition) is 4. The van der Waals surface area contributed by atoms with Crippen molar-refractivity contribution in [1.82, 2.24) is 9.88 Å². The number of nitrogens with zero attached hydrogens (tertiary/aromatic N) is 3. The van der Waals surface area contributed by atoms with Crippen molar-refractivity contribution in [2.45, 2.75) is 32.2 Å². The molecule has 1 atom stereocenters. The molecule has 0 amide bonds. The van der Waals surface area contributed by atoms with Crippen LogP contribution in [-0.2, 0) is 12.8 Å². The highest BCUT2D eigenvalue weighted by Crippen LogP contribution is 2.24. The van der Waals surface area contributed by atoms with Gasteiger partial charge in [-0.05, 0) is 37.8 Å². The minimum atomic E-state index is 0.195. The largest absolute Gasteiger partial charge is 0.392 e. The quantitative estimate of drug-likeness (QED) is 0.852. The number of rotatable bonds is 3. The summed E-state index contributed by atoms with van der Waals surface area (Å²) in [6.45, 7) is 6.08. The zero-order valence-electron chi connectivity index (χ0n) is 12.0. The van der Waals surface area contributed by atoms with Crippen LogP contribution in [0.15, 0.2) is 12.1 Å². The molecule has 1 aliphatic carbocycles. The predicted molar refractivity (Wildman–Crippen MR) is 86.3 cm³/mol. The lowest BCUT2D eigenvalue weighted by molar-refractivity contribution is 0.238. The van der Waals surface area contributed by atoms with Crippen LogP contribution in [-0.4, -0.2) is 47.1 Å². The zero-order valence-corrected chi connectivity index (χ0v) is 12.8. The molecular formula is C15H22N4S. The summed E-state index contributed by atoms with van der Waals surface area (Å²) in [5.74, 6) is 1.13. The fraction of sp³-hybridized carbons (Fsp3) is 0.600. The normalized spacial score (nSPS) is 20.8. The molecular weight excluding hydrogens is 268 g/mol. The highest BCUT2D eigenvalue weighted by atomic mass is 32.1. The molecule has 4 nitrogen and oxygen atoms in total. The summed E-state index contributed by atoms with van der Waals surface area (Å²) in [6, 6.07) is 4.63. The first kappa shape index (κ1) is 13.8. The molecule has 5 heteroatoms. The Bertz CT molecular complexity index is 509. The van der Waals surface area contributed by atoms with E-state index >= 15 is 0 Å². The maximum Gasteiger partial charge on any atom is 0.128 e. The number of fused-ring (bicyclic) bond motifs is 1. The molecule has 0 aromatic carbocycles. The maximum absolute atomic E-state index is 5.74. The number of hydrogen-bond donors (Lipinski definition) is 1. The van der Waals surface area contributed by atoms with Gasteiger partial charge in [-0.2, -0.15) is 0 Å². The van der Waals surface area contributed by atoms with Gasteiger partial charge >= 0.3 is 0 Å². The molecule has 108 valence electrons. The molecule has 3 rings (SSSR count). The molecule has 1 aromatic rings. The lowest BCUT2D eigenvalue weighted by atomic mass is 10.2. The summed E-state index contributed by atoms with van der Waals surface area (Å²) in [7, 11) is 0. The first-order valence-corrected chi connectivity index (χ1v) is 7.83. The van der Waals surface area contributed by atoms with Gasteiger partial charge in [0.2, 0.25) is 0 Å². The van der Waals surface area contributed by atoms with Crippen LogP contribution >= 0.6 is 12.2 Å². The number of thiocarbonyl (C=S) groups is 1. The highest BCUT2D eigenvalue weighted by Gasteiger charge is 2.23. The molecule has 1 aromatic heterocycles. The van der Waals surface area contributed by atoms with Gasteiger partial charge in [-0.25, -0.2) is 4.98 Å². The Kier molecular flexibility index (Phi) is 3.89. The lowest BCUT2D eigenvalue weighted by Crippen LogP contribution is -2.52. The molecule has 0 saturated carbocycles. The van der Waals surface area contributed by atoms with E-state index in [4.69, 9.17) is 22.9 Å². The summed E-state index contributed by atoms with van der Waals surface area (Å²) in [4.78, 5) is 10.2. The monoisotopic (exact) mass is 290 g/mol. The Morgan fingerprint density at radius 1 is 1.25 bits per heavy atom. The van der Waals surface area contributed by atoms with E-state index in [0.29, 0.717) is 4.99 Å². The van der Waals surface area contributed by atoms with E-state index in [2.05, 4.69) is 28.9 Å². The van der Waals surface area contributed by atoms with Crippen molar-refractivity contribution in [3.8, 4) is 0 Å². The molecule has 0 radical (unpaired) electrons. The van der Waals surface area contributed by atoms with Gasteiger partial charge in [0.25, 0.3) is 0 Å². The molecule has 2 N–H and O–H groups in total. The SMILES string of the molecule is CC(C(N)=S)N1CCN(c2ccc3c(n2)CCC3)CC1. The second-order valence-corrected chi connectivity index (χ2v) is 6.20. The number of nitrogens with two attached hydrogens (primary N) is 1. The second kappa shape index (κ2) is 5.66. The van der Waals surface area contributed by atoms with Crippen molar-refractivity contribution in [2.24, 2.45) is 5.73 Å². The topological polar surface area (TPSA) is 45.4 Å². The van der Waals surface area contributed by atoms with Crippen molar-refractivity contribution in [2.75, 3.05) is 31.1 Å². The Morgan fingerprint density at radius 3 is 2.70 bits per heavy atom. The standard InChI is InChI=1S/C15H22N4S/c1-11(15(16)20)18-7-9-19(10-8-18)14-6-5-12-3-2-4-13(12)17-14/h5-6,11H,2-4,7-10H2,1H3,(H2,16,20). The molecule has 1 saturated heterocycles. The Hall–Kier alpha value is -1.20. The smallest absolute Gasteiger partial charge is 0.128 e. The fourth-order valence-electron chi connectivity index (χ4n) is 3.10. The van der Waals surface area contributed by atoms with Gasteiger partial charge < -0.3 is 10.6 Å². The molecule has 20 heavy (non-hydrogen) atoms. The van der Waals surface area contributed by atoms with Crippen molar-refractivity contribution >= 4 is 23.0 Å². The summed E-state index contributed by atoms with van der Waals surface area (Å²) < 4.78 is 0. The second-order valence-electron chi connectivity index (χ2n) is 5.73. The minimum Gasteiger partial charge on any atom is -0.392 e. The number of anilines is 1. The third-order valence-corrected chi connectivity index (χ3v) is 4.85. The van der Waals surface area contributed by atoms with Crippen LogP contribution in [0.3, 0.4) is 0 Å². The van der Waals surface area contributed by atoms with Gasteiger partial charge in [-0.1, -0.05) is 18.3 Å². The molecule has 2 aliphatic rings. The zero-order chi connectivity index (χ0) is 14.1. The Labute approximate surface area is 126 Å². The number of piperazine rings is 1. The first-order chi connectivity index (χ1) is 9.65. The van der Waals surface area contributed by atoms with E-state index in [1.807, 2.05) is 0 Å². The van der Waals surface area contributed by atoms with E-state index in [9.17, 15) is 0 Å². The van der Waals surface area contributed by atoms with Crippen molar-refractivity contribution in [1.29, 1.82) is 0 Å². The van der Waals surface area contributed by atoms with Crippen LogP contribution < -0.4 is 10.6 Å². The molecule has 0 bridgehead atoms. The van der Waals surface area contributed by atoms with E-state index in [-0.39, 0.29) is 6.04 Å². The summed E-state index contributed by atoms with van der Waals surface area (Å²) in [6.07, 6.45) is 3.59. The van der Waals surface area contributed by atoms with Crippen molar-refractivity contribution in [3.63, 3.8) is 0 Å². The number of aromatic nitrogens is 1. The van der Waals surface area contributed by atoms with Crippen molar-refractivity contribution < 1.29 is 0 Å². The van der Waals surface area contributed by atoms with Gasteiger partial charge in [-0.3, -0.25) is 4.90 Å². The fourth-order valence-corrected chi connectivity index (χ4v) is 3.25. The van der Waals surface area contributed by atoms with Gasteiger partial charge in [0.1, 0.15) is 5.82 Å². The minimum absolute atomic E-state index is 0.195. The molecule has 2 heterocycles. The Morgan fingerprint density at radius 2 is 2.00 bits per heavy atom. The Balaban J connectivity index is 1.65. The average Bonchev–Trinajstić information content (AvgIpc) is 2.94. The van der Waals surface area contributed by atoms with Gasteiger partial charge in [0.05, 0.1) is 11.0 Å². The van der Waals surface area contributed by atoms with Crippen LogP contribution in [0.1, 0.15) is 24.6 Å². The summed E-state index contributed by atoms with van der Waals surface area (Å²) in [5.41, 5.74) is 8.48. The number of aryl methyl sites for hydroxylation is 2. The highest BCUT2D eigenvalue weighted by molar-refractivity contribution is 7.80. The summed E-state index contributed by atoms with van der Waals surface area (Å²) >= 11 is 5.09. The van der Waals surface area contributed by atoms with Gasteiger partial charge in [0, 0.05) is 31.9 Å². The van der Waals surface area contributed by atoms with E-state index in [1.165, 1.54) is 24.1 Å². The first-order valence-electron chi connectivity index (χ1n) is 7.42. The lowest BCUT2D eigenvalue weighted by Gasteiger charge is -2.38. The third-order valence-electron chi connectivity index (χ3n) is 4.51. The van der Waals surface area contributed by atoms with Crippen molar-refractivity contribution in [3.05, 3.63) is 23.4 Å². The van der Waals surface area contributed by atoms with Crippen LogP contribution in [0, 0.1) is 0 Å². The van der Waals surface area contributed by atoms with Crippen LogP contribution in [0.4, 0.5) is 5.82 Å². The van der Waals surface area contributed by atoms with E-state index in [0.717, 1.165) is 38.4 Å².